The quantitative estimate of drug-likeness (QED) is 0.584. The SMILES string of the molecule is CC(=O)c1ccc(/C=C(/C#N)c2nc3ccc(C)cc3[nH]2)cc1. The number of imidazole rings is 1. The number of fused-ring (bicyclic) bond motifs is 1. The second-order valence-electron chi connectivity index (χ2n) is 5.45. The number of hydrogen-bond donors (Lipinski definition) is 1. The molecule has 0 bridgehead atoms. The average Bonchev–Trinajstić information content (AvgIpc) is 2.95. The molecule has 0 radical (unpaired) electrons. The van der Waals surface area contributed by atoms with Crippen LogP contribution >= 0.6 is 0 Å². The molecule has 0 aliphatic rings. The van der Waals surface area contributed by atoms with Gasteiger partial charge in [0.25, 0.3) is 0 Å². The average molecular weight is 301 g/mol. The Morgan fingerprint density at radius 1 is 1.22 bits per heavy atom. The monoisotopic (exact) mass is 301 g/mol. The Hall–Kier alpha value is -3.19. The molecule has 1 aromatic heterocycles. The predicted octanol–water partition coefficient (Wildman–Crippen LogP) is 4.14. The molecule has 112 valence electrons. The van der Waals surface area contributed by atoms with Crippen molar-refractivity contribution in [1.82, 2.24) is 9.97 Å². The summed E-state index contributed by atoms with van der Waals surface area (Å²) in [6.45, 7) is 3.54. The number of H-pyrrole nitrogens is 1. The number of allylic oxidation sites excluding steroid dienone is 1. The number of nitriles is 1. The van der Waals surface area contributed by atoms with E-state index in [1.165, 1.54) is 6.92 Å². The first-order valence-electron chi connectivity index (χ1n) is 7.26. The number of hydrogen-bond acceptors (Lipinski definition) is 3. The van der Waals surface area contributed by atoms with Gasteiger partial charge in [-0.3, -0.25) is 4.79 Å². The number of carbonyl (C=O) groups is 1. The molecule has 0 spiro atoms. The molecule has 0 atom stereocenters. The number of ketones is 1. The second-order valence-corrected chi connectivity index (χ2v) is 5.45. The van der Waals surface area contributed by atoms with Crippen LogP contribution in [0.4, 0.5) is 0 Å². The fraction of sp³-hybridized carbons (Fsp3) is 0.105. The lowest BCUT2D eigenvalue weighted by Gasteiger charge is -1.98. The van der Waals surface area contributed by atoms with Crippen LogP contribution in [0.15, 0.2) is 42.5 Å². The molecule has 0 fully saturated rings. The van der Waals surface area contributed by atoms with Crippen LogP contribution in [-0.2, 0) is 0 Å². The topological polar surface area (TPSA) is 69.5 Å². The van der Waals surface area contributed by atoms with Crippen LogP contribution < -0.4 is 0 Å². The van der Waals surface area contributed by atoms with E-state index in [2.05, 4.69) is 16.0 Å². The third-order valence-corrected chi connectivity index (χ3v) is 3.64. The Bertz CT molecular complexity index is 956. The van der Waals surface area contributed by atoms with Crippen molar-refractivity contribution >= 4 is 28.5 Å². The van der Waals surface area contributed by atoms with Gasteiger partial charge in [0, 0.05) is 5.56 Å². The molecule has 1 N–H and O–H groups in total. The van der Waals surface area contributed by atoms with E-state index in [0.717, 1.165) is 22.2 Å². The maximum absolute atomic E-state index is 11.3. The van der Waals surface area contributed by atoms with Gasteiger partial charge in [-0.1, -0.05) is 30.3 Å². The number of nitrogens with one attached hydrogen (secondary N) is 1. The predicted molar refractivity (Wildman–Crippen MR) is 90.8 cm³/mol. The van der Waals surface area contributed by atoms with E-state index in [1.807, 2.05) is 37.3 Å². The Morgan fingerprint density at radius 3 is 2.61 bits per heavy atom. The summed E-state index contributed by atoms with van der Waals surface area (Å²) in [4.78, 5) is 18.9. The fourth-order valence-electron chi connectivity index (χ4n) is 2.39. The van der Waals surface area contributed by atoms with E-state index < -0.39 is 0 Å². The standard InChI is InChI=1S/C19H15N3O/c1-12-3-8-17-18(9-12)22-19(21-17)16(11-20)10-14-4-6-15(7-5-14)13(2)23/h3-10H,1-2H3,(H,21,22)/b16-10-. The lowest BCUT2D eigenvalue weighted by molar-refractivity contribution is 0.101. The number of nitrogens with zero attached hydrogens (tertiary/aromatic N) is 2. The first-order valence-corrected chi connectivity index (χ1v) is 7.26. The first-order chi connectivity index (χ1) is 11.1. The second kappa shape index (κ2) is 5.90. The third kappa shape index (κ3) is 3.04. The lowest BCUT2D eigenvalue weighted by Crippen LogP contribution is -1.91. The van der Waals surface area contributed by atoms with E-state index in [-0.39, 0.29) is 5.78 Å². The van der Waals surface area contributed by atoms with E-state index in [0.29, 0.717) is 17.0 Å². The van der Waals surface area contributed by atoms with Gasteiger partial charge in [-0.15, -0.1) is 0 Å². The molecular formula is C19H15N3O. The van der Waals surface area contributed by atoms with Gasteiger partial charge >= 0.3 is 0 Å². The number of aromatic nitrogens is 2. The van der Waals surface area contributed by atoms with Crippen LogP contribution in [0.2, 0.25) is 0 Å². The highest BCUT2D eigenvalue weighted by Crippen LogP contribution is 2.20. The summed E-state index contributed by atoms with van der Waals surface area (Å²) in [7, 11) is 0. The lowest BCUT2D eigenvalue weighted by atomic mass is 10.1. The van der Waals surface area contributed by atoms with Crippen molar-refractivity contribution in [3.05, 3.63) is 65.0 Å². The molecule has 0 aliphatic heterocycles. The van der Waals surface area contributed by atoms with Gasteiger partial charge in [-0.2, -0.15) is 5.26 Å². The molecule has 4 heteroatoms. The largest absolute Gasteiger partial charge is 0.337 e. The van der Waals surface area contributed by atoms with E-state index in [1.54, 1.807) is 18.2 Å². The minimum atomic E-state index is 0.0219. The van der Waals surface area contributed by atoms with Gasteiger partial charge in [-0.05, 0) is 43.2 Å². The molecule has 3 rings (SSSR count). The molecule has 1 heterocycles. The Labute approximate surface area is 134 Å². The van der Waals surface area contributed by atoms with Gasteiger partial charge in [-0.25, -0.2) is 4.98 Å². The molecule has 2 aromatic carbocycles. The van der Waals surface area contributed by atoms with Gasteiger partial charge in [0.15, 0.2) is 5.78 Å². The van der Waals surface area contributed by atoms with Crippen LogP contribution in [-0.4, -0.2) is 15.8 Å². The Balaban J connectivity index is 2.00. The minimum absolute atomic E-state index is 0.0219. The van der Waals surface area contributed by atoms with Crippen molar-refractivity contribution in [2.45, 2.75) is 13.8 Å². The Morgan fingerprint density at radius 2 is 1.96 bits per heavy atom. The van der Waals surface area contributed by atoms with Crippen LogP contribution in [0.25, 0.3) is 22.7 Å². The summed E-state index contributed by atoms with van der Waals surface area (Å²) in [5, 5.41) is 9.43. The van der Waals surface area contributed by atoms with Gasteiger partial charge in [0.05, 0.1) is 16.6 Å². The number of carbonyl (C=O) groups excluding carboxylic acids is 1. The van der Waals surface area contributed by atoms with E-state index >= 15 is 0 Å². The summed E-state index contributed by atoms with van der Waals surface area (Å²) in [6.07, 6.45) is 1.76. The van der Waals surface area contributed by atoms with Crippen molar-refractivity contribution in [2.75, 3.05) is 0 Å². The van der Waals surface area contributed by atoms with Gasteiger partial charge < -0.3 is 4.98 Å². The number of Topliss-reactive ketones (excluding diaryl/α,β-unsaturated/α-hetero) is 1. The molecule has 3 aromatic rings. The van der Waals surface area contributed by atoms with Gasteiger partial charge in [0.1, 0.15) is 11.9 Å². The van der Waals surface area contributed by atoms with Gasteiger partial charge in [0.2, 0.25) is 0 Å². The van der Waals surface area contributed by atoms with Crippen molar-refractivity contribution in [2.24, 2.45) is 0 Å². The van der Waals surface area contributed by atoms with Crippen molar-refractivity contribution < 1.29 is 4.79 Å². The number of aryl methyl sites for hydroxylation is 1. The molecule has 4 nitrogen and oxygen atoms in total. The summed E-state index contributed by atoms with van der Waals surface area (Å²) in [5.41, 5.74) is 4.83. The zero-order valence-electron chi connectivity index (χ0n) is 12.9. The van der Waals surface area contributed by atoms with E-state index in [9.17, 15) is 10.1 Å². The number of rotatable bonds is 3. The smallest absolute Gasteiger partial charge is 0.159 e. The molecular weight excluding hydrogens is 286 g/mol. The number of benzene rings is 2. The third-order valence-electron chi connectivity index (χ3n) is 3.64. The molecule has 0 amide bonds. The molecule has 0 saturated carbocycles. The van der Waals surface area contributed by atoms with Crippen molar-refractivity contribution in [1.29, 1.82) is 5.26 Å². The maximum atomic E-state index is 11.3. The summed E-state index contributed by atoms with van der Waals surface area (Å²) < 4.78 is 0. The van der Waals surface area contributed by atoms with Crippen LogP contribution in [0, 0.1) is 18.3 Å². The zero-order chi connectivity index (χ0) is 16.4. The molecule has 0 saturated heterocycles. The van der Waals surface area contributed by atoms with Crippen LogP contribution in [0.3, 0.4) is 0 Å². The zero-order valence-corrected chi connectivity index (χ0v) is 12.9. The van der Waals surface area contributed by atoms with Crippen molar-refractivity contribution in [3.63, 3.8) is 0 Å². The van der Waals surface area contributed by atoms with E-state index in [4.69, 9.17) is 0 Å². The summed E-state index contributed by atoms with van der Waals surface area (Å²) in [5.74, 6) is 0.567. The fourth-order valence-corrected chi connectivity index (χ4v) is 2.39. The summed E-state index contributed by atoms with van der Waals surface area (Å²) >= 11 is 0. The number of aromatic amines is 1. The maximum Gasteiger partial charge on any atom is 0.159 e. The first kappa shape index (κ1) is 14.7. The van der Waals surface area contributed by atoms with Crippen molar-refractivity contribution in [3.8, 4) is 6.07 Å². The summed E-state index contributed by atoms with van der Waals surface area (Å²) in [6, 6.07) is 15.3. The van der Waals surface area contributed by atoms with Crippen LogP contribution in [0.1, 0.15) is 34.2 Å². The molecule has 0 aliphatic carbocycles. The van der Waals surface area contributed by atoms with Crippen LogP contribution in [0.5, 0.6) is 0 Å². The highest BCUT2D eigenvalue weighted by atomic mass is 16.1. The Kier molecular flexibility index (Phi) is 3.78. The molecule has 23 heavy (non-hydrogen) atoms. The highest BCUT2D eigenvalue weighted by Gasteiger charge is 2.08. The highest BCUT2D eigenvalue weighted by molar-refractivity contribution is 5.95. The minimum Gasteiger partial charge on any atom is -0.337 e. The molecule has 0 unspecified atom stereocenters. The normalized spacial score (nSPS) is 11.4.